The first-order valence-corrected chi connectivity index (χ1v) is 6.05. The summed E-state index contributed by atoms with van der Waals surface area (Å²) < 4.78 is 5.20. The second-order valence-electron chi connectivity index (χ2n) is 4.50. The first-order valence-electron chi connectivity index (χ1n) is 6.05. The fourth-order valence-electron chi connectivity index (χ4n) is 2.24. The number of nitrogens with zero attached hydrogens (tertiary/aromatic N) is 3. The molecule has 0 aliphatic carbocycles. The molecule has 1 aliphatic heterocycles. The van der Waals surface area contributed by atoms with E-state index in [2.05, 4.69) is 27.2 Å². The molecule has 2 rings (SSSR count). The number of aromatic nitrogens is 2. The maximum absolute atomic E-state index is 5.20. The summed E-state index contributed by atoms with van der Waals surface area (Å²) in [5, 5.41) is 3.49. The van der Waals surface area contributed by atoms with Crippen LogP contribution < -0.4 is 10.1 Å². The number of ether oxygens (including phenoxy) is 1. The molecule has 1 fully saturated rings. The van der Waals surface area contributed by atoms with Gasteiger partial charge in [-0.1, -0.05) is 0 Å². The highest BCUT2D eigenvalue weighted by atomic mass is 16.5. The molecule has 0 saturated carbocycles. The fraction of sp³-hybridized carbons (Fsp3) is 0.667. The van der Waals surface area contributed by atoms with Gasteiger partial charge in [0, 0.05) is 31.5 Å². The molecule has 5 nitrogen and oxygen atoms in total. The maximum atomic E-state index is 5.20. The Morgan fingerprint density at radius 3 is 3.00 bits per heavy atom. The highest BCUT2D eigenvalue weighted by molar-refractivity contribution is 5.16. The lowest BCUT2D eigenvalue weighted by atomic mass is 10.2. The monoisotopic (exact) mass is 236 g/mol. The normalized spacial score (nSPS) is 19.8. The van der Waals surface area contributed by atoms with Crippen LogP contribution in [0.3, 0.4) is 0 Å². The minimum absolute atomic E-state index is 0.614. The quantitative estimate of drug-likeness (QED) is 0.814. The molecule has 0 amide bonds. The topological polar surface area (TPSA) is 50.3 Å². The minimum Gasteiger partial charge on any atom is -0.480 e. The third kappa shape index (κ3) is 3.38. The molecule has 1 atom stereocenters. The Morgan fingerprint density at radius 2 is 2.29 bits per heavy atom. The number of hydrogen-bond donors (Lipinski definition) is 1. The van der Waals surface area contributed by atoms with Crippen LogP contribution in [0.25, 0.3) is 0 Å². The summed E-state index contributed by atoms with van der Waals surface area (Å²) in [5.41, 5.74) is 0.899. The second-order valence-corrected chi connectivity index (χ2v) is 4.50. The molecule has 1 aromatic rings. The van der Waals surface area contributed by atoms with E-state index in [0.29, 0.717) is 11.9 Å². The Balaban J connectivity index is 1.90. The van der Waals surface area contributed by atoms with Crippen molar-refractivity contribution in [3.05, 3.63) is 18.1 Å². The molecule has 1 saturated heterocycles. The lowest BCUT2D eigenvalue weighted by Crippen LogP contribution is -2.35. The molecule has 0 radical (unpaired) electrons. The summed E-state index contributed by atoms with van der Waals surface area (Å²) in [6.45, 7) is 2.96. The van der Waals surface area contributed by atoms with Crippen molar-refractivity contribution in [3.8, 4) is 5.88 Å². The summed E-state index contributed by atoms with van der Waals surface area (Å²) in [7, 11) is 3.74. The number of hydrogen-bond acceptors (Lipinski definition) is 5. The van der Waals surface area contributed by atoms with E-state index >= 15 is 0 Å². The molecule has 17 heavy (non-hydrogen) atoms. The second kappa shape index (κ2) is 5.93. The molecule has 0 bridgehead atoms. The zero-order chi connectivity index (χ0) is 12.1. The third-order valence-electron chi connectivity index (χ3n) is 3.04. The SMILES string of the molecule is COc1nccnc1CN(C)CC1CCCN1. The number of nitrogens with one attached hydrogen (secondary N) is 1. The molecule has 1 N–H and O–H groups in total. The summed E-state index contributed by atoms with van der Waals surface area (Å²) in [6.07, 6.45) is 5.91. The molecule has 1 aromatic heterocycles. The Kier molecular flexibility index (Phi) is 4.28. The molecule has 1 unspecified atom stereocenters. The van der Waals surface area contributed by atoms with Gasteiger partial charge in [-0.2, -0.15) is 0 Å². The van der Waals surface area contributed by atoms with Gasteiger partial charge < -0.3 is 10.1 Å². The lowest BCUT2D eigenvalue weighted by molar-refractivity contribution is 0.281. The van der Waals surface area contributed by atoms with E-state index in [9.17, 15) is 0 Å². The highest BCUT2D eigenvalue weighted by Crippen LogP contribution is 2.13. The van der Waals surface area contributed by atoms with Gasteiger partial charge in [0.05, 0.1) is 7.11 Å². The fourth-order valence-corrected chi connectivity index (χ4v) is 2.24. The van der Waals surface area contributed by atoms with Crippen LogP contribution in [0.4, 0.5) is 0 Å². The third-order valence-corrected chi connectivity index (χ3v) is 3.04. The van der Waals surface area contributed by atoms with E-state index in [1.165, 1.54) is 12.8 Å². The van der Waals surface area contributed by atoms with Crippen LogP contribution in [0.5, 0.6) is 5.88 Å². The summed E-state index contributed by atoms with van der Waals surface area (Å²) in [6, 6.07) is 0.614. The Bertz CT molecular complexity index is 352. The van der Waals surface area contributed by atoms with Gasteiger partial charge in [-0.25, -0.2) is 4.98 Å². The van der Waals surface area contributed by atoms with Gasteiger partial charge in [-0.05, 0) is 26.4 Å². The van der Waals surface area contributed by atoms with Gasteiger partial charge in [-0.15, -0.1) is 0 Å². The highest BCUT2D eigenvalue weighted by Gasteiger charge is 2.17. The maximum Gasteiger partial charge on any atom is 0.236 e. The van der Waals surface area contributed by atoms with Crippen molar-refractivity contribution in [2.24, 2.45) is 0 Å². The predicted octanol–water partition coefficient (Wildman–Crippen LogP) is 0.669. The van der Waals surface area contributed by atoms with E-state index in [0.717, 1.165) is 25.3 Å². The van der Waals surface area contributed by atoms with Gasteiger partial charge in [-0.3, -0.25) is 9.88 Å². The summed E-state index contributed by atoms with van der Waals surface area (Å²) in [4.78, 5) is 10.7. The Morgan fingerprint density at radius 1 is 1.47 bits per heavy atom. The Labute approximate surface area is 102 Å². The van der Waals surface area contributed by atoms with E-state index < -0.39 is 0 Å². The van der Waals surface area contributed by atoms with Gasteiger partial charge in [0.25, 0.3) is 0 Å². The van der Waals surface area contributed by atoms with Crippen LogP contribution >= 0.6 is 0 Å². The van der Waals surface area contributed by atoms with Crippen LogP contribution in [0.1, 0.15) is 18.5 Å². The molecule has 1 aliphatic rings. The standard InChI is InChI=1S/C12H20N4O/c1-16(8-10-4-3-5-13-10)9-11-12(17-2)15-7-6-14-11/h6-7,10,13H,3-5,8-9H2,1-2H3. The van der Waals surface area contributed by atoms with Gasteiger partial charge >= 0.3 is 0 Å². The van der Waals surface area contributed by atoms with Crippen LogP contribution in [0, 0.1) is 0 Å². The van der Waals surface area contributed by atoms with Crippen LogP contribution in [-0.4, -0.2) is 48.2 Å². The van der Waals surface area contributed by atoms with E-state index in [1.54, 1.807) is 19.5 Å². The predicted molar refractivity (Wildman–Crippen MR) is 65.9 cm³/mol. The number of methoxy groups -OCH3 is 1. The van der Waals surface area contributed by atoms with E-state index in [1.807, 2.05) is 0 Å². The largest absolute Gasteiger partial charge is 0.480 e. The lowest BCUT2D eigenvalue weighted by Gasteiger charge is -2.21. The zero-order valence-corrected chi connectivity index (χ0v) is 10.5. The van der Waals surface area contributed by atoms with Gasteiger partial charge in [0.1, 0.15) is 5.69 Å². The van der Waals surface area contributed by atoms with E-state index in [-0.39, 0.29) is 0 Å². The minimum atomic E-state index is 0.614. The Hall–Kier alpha value is -1.20. The van der Waals surface area contributed by atoms with Crippen LogP contribution in [0.2, 0.25) is 0 Å². The van der Waals surface area contributed by atoms with Crippen molar-refractivity contribution < 1.29 is 4.74 Å². The first kappa shape index (κ1) is 12.3. The van der Waals surface area contributed by atoms with Crippen molar-refractivity contribution in [2.45, 2.75) is 25.4 Å². The van der Waals surface area contributed by atoms with Gasteiger partial charge in [0.15, 0.2) is 0 Å². The van der Waals surface area contributed by atoms with Crippen molar-refractivity contribution in [1.82, 2.24) is 20.2 Å². The molecule has 0 spiro atoms. The molecular weight excluding hydrogens is 216 g/mol. The van der Waals surface area contributed by atoms with Crippen LogP contribution in [-0.2, 0) is 6.54 Å². The van der Waals surface area contributed by atoms with Crippen molar-refractivity contribution >= 4 is 0 Å². The zero-order valence-electron chi connectivity index (χ0n) is 10.5. The van der Waals surface area contributed by atoms with Gasteiger partial charge in [0.2, 0.25) is 5.88 Å². The number of rotatable bonds is 5. The van der Waals surface area contributed by atoms with Crippen molar-refractivity contribution in [3.63, 3.8) is 0 Å². The molecular formula is C12H20N4O. The number of likely N-dealkylation sites (N-methyl/N-ethyl adjacent to an activating group) is 1. The van der Waals surface area contributed by atoms with E-state index in [4.69, 9.17) is 4.74 Å². The summed E-state index contributed by atoms with van der Waals surface area (Å²) >= 11 is 0. The molecule has 5 heteroatoms. The summed E-state index contributed by atoms with van der Waals surface area (Å²) in [5.74, 6) is 0.624. The average molecular weight is 236 g/mol. The molecule has 2 heterocycles. The van der Waals surface area contributed by atoms with Crippen molar-refractivity contribution in [2.75, 3.05) is 27.2 Å². The van der Waals surface area contributed by atoms with Crippen LogP contribution in [0.15, 0.2) is 12.4 Å². The average Bonchev–Trinajstić information content (AvgIpc) is 2.82. The molecule has 0 aromatic carbocycles. The van der Waals surface area contributed by atoms with Crippen molar-refractivity contribution in [1.29, 1.82) is 0 Å². The molecule has 94 valence electrons. The first-order chi connectivity index (χ1) is 8.29. The smallest absolute Gasteiger partial charge is 0.236 e.